The summed E-state index contributed by atoms with van der Waals surface area (Å²) in [5.74, 6) is 1.38. The number of aromatic nitrogens is 3. The van der Waals surface area contributed by atoms with E-state index in [2.05, 4.69) is 22.5 Å². The van der Waals surface area contributed by atoms with Gasteiger partial charge in [0.25, 0.3) is 11.1 Å². The summed E-state index contributed by atoms with van der Waals surface area (Å²) in [6.45, 7) is 4.76. The van der Waals surface area contributed by atoms with Crippen LogP contribution in [0.5, 0.6) is 0 Å². The van der Waals surface area contributed by atoms with Crippen molar-refractivity contribution in [2.75, 3.05) is 29.1 Å². The number of imidazole rings is 1. The van der Waals surface area contributed by atoms with Crippen LogP contribution < -0.4 is 15.5 Å². The van der Waals surface area contributed by atoms with Crippen molar-refractivity contribution in [2.45, 2.75) is 58.9 Å². The number of anilines is 2. The summed E-state index contributed by atoms with van der Waals surface area (Å²) in [7, 11) is 1.92. The number of thioether (sulfide) groups is 1. The minimum atomic E-state index is -0.379. The van der Waals surface area contributed by atoms with Gasteiger partial charge < -0.3 is 19.9 Å². The minimum absolute atomic E-state index is 0.0485. The van der Waals surface area contributed by atoms with Crippen LogP contribution in [0.4, 0.5) is 16.3 Å². The van der Waals surface area contributed by atoms with E-state index in [-0.39, 0.29) is 42.5 Å². The third kappa shape index (κ3) is 10.1. The Balaban J connectivity index is 1.36. The average Bonchev–Trinajstić information content (AvgIpc) is 3.40. The van der Waals surface area contributed by atoms with Gasteiger partial charge in [0.05, 0.1) is 30.6 Å². The zero-order valence-electron chi connectivity index (χ0n) is 27.3. The number of carbonyl (C=O) groups is 3. The van der Waals surface area contributed by atoms with Crippen molar-refractivity contribution in [3.05, 3.63) is 83.8 Å². The Morgan fingerprint density at radius 2 is 1.74 bits per heavy atom. The Bertz CT molecular complexity index is 1660. The van der Waals surface area contributed by atoms with Gasteiger partial charge in [0, 0.05) is 42.4 Å². The highest BCUT2D eigenvalue weighted by atomic mass is 32.2. The van der Waals surface area contributed by atoms with E-state index in [1.165, 1.54) is 35.9 Å². The van der Waals surface area contributed by atoms with E-state index in [9.17, 15) is 14.4 Å². The molecule has 47 heavy (non-hydrogen) atoms. The summed E-state index contributed by atoms with van der Waals surface area (Å²) in [5.41, 5.74) is 3.42. The predicted octanol–water partition coefficient (Wildman–Crippen LogP) is 6.92. The van der Waals surface area contributed by atoms with Gasteiger partial charge in [-0.1, -0.05) is 50.4 Å². The van der Waals surface area contributed by atoms with Crippen molar-refractivity contribution >= 4 is 57.3 Å². The van der Waals surface area contributed by atoms with Crippen LogP contribution in [-0.4, -0.2) is 56.4 Å². The maximum atomic E-state index is 13.6. The van der Waals surface area contributed by atoms with Gasteiger partial charge in [-0.25, -0.2) is 9.97 Å². The molecule has 0 spiro atoms. The second kappa shape index (κ2) is 17.8. The van der Waals surface area contributed by atoms with E-state index in [0.717, 1.165) is 35.6 Å². The highest BCUT2D eigenvalue weighted by Crippen LogP contribution is 2.21. The molecule has 0 unspecified atom stereocenters. The SMILES string of the molecule is CCCCCCCSC(=O)NC(=N)c1ccc(NCc2nc3cc(C(=O)N(CCC(=O)OCC)c4ccccn4)ccc3n2C)cc1. The summed E-state index contributed by atoms with van der Waals surface area (Å²) in [6, 6.07) is 18.0. The number of ether oxygens (including phenoxy) is 1. The number of benzene rings is 2. The normalized spacial score (nSPS) is 10.9. The second-order valence-corrected chi connectivity index (χ2v) is 12.0. The molecule has 2 aromatic heterocycles. The number of fused-ring (bicyclic) bond motifs is 1. The lowest BCUT2D eigenvalue weighted by molar-refractivity contribution is -0.142. The van der Waals surface area contributed by atoms with E-state index < -0.39 is 0 Å². The maximum absolute atomic E-state index is 13.6. The summed E-state index contributed by atoms with van der Waals surface area (Å²) in [6.07, 6.45) is 7.39. The molecule has 12 heteroatoms. The van der Waals surface area contributed by atoms with Crippen LogP contribution in [0.15, 0.2) is 66.9 Å². The maximum Gasteiger partial charge on any atom is 0.307 e. The van der Waals surface area contributed by atoms with E-state index in [4.69, 9.17) is 15.1 Å². The van der Waals surface area contributed by atoms with Crippen LogP contribution >= 0.6 is 11.8 Å². The van der Waals surface area contributed by atoms with Gasteiger partial charge in [0.1, 0.15) is 17.5 Å². The van der Waals surface area contributed by atoms with Crippen molar-refractivity contribution in [1.29, 1.82) is 5.41 Å². The summed E-state index contributed by atoms with van der Waals surface area (Å²) >= 11 is 1.22. The minimum Gasteiger partial charge on any atom is -0.466 e. The number of pyridine rings is 1. The van der Waals surface area contributed by atoms with E-state index in [1.54, 1.807) is 55.6 Å². The molecule has 2 heterocycles. The quantitative estimate of drug-likeness (QED) is 0.0510. The molecule has 3 N–H and O–H groups in total. The largest absolute Gasteiger partial charge is 0.466 e. The van der Waals surface area contributed by atoms with Gasteiger partial charge in [-0.05, 0) is 67.9 Å². The lowest BCUT2D eigenvalue weighted by atomic mass is 10.1. The molecule has 0 aliphatic carbocycles. The Kier molecular flexibility index (Phi) is 13.3. The summed E-state index contributed by atoms with van der Waals surface area (Å²) in [5, 5.41) is 14.1. The molecule has 248 valence electrons. The van der Waals surface area contributed by atoms with Gasteiger partial charge >= 0.3 is 5.97 Å². The van der Waals surface area contributed by atoms with Gasteiger partial charge in [-0.15, -0.1) is 0 Å². The molecular formula is C35H43N7O4S. The van der Waals surface area contributed by atoms with Crippen LogP contribution in [0.25, 0.3) is 11.0 Å². The molecule has 0 aliphatic heterocycles. The van der Waals surface area contributed by atoms with Gasteiger partial charge in [0.2, 0.25) is 0 Å². The Labute approximate surface area is 280 Å². The zero-order valence-corrected chi connectivity index (χ0v) is 28.1. The van der Waals surface area contributed by atoms with Crippen molar-refractivity contribution in [1.82, 2.24) is 19.9 Å². The molecule has 0 saturated carbocycles. The van der Waals surface area contributed by atoms with Crippen molar-refractivity contribution < 1.29 is 19.1 Å². The van der Waals surface area contributed by atoms with Crippen molar-refractivity contribution in [2.24, 2.45) is 7.05 Å². The van der Waals surface area contributed by atoms with Crippen LogP contribution in [0, 0.1) is 5.41 Å². The number of nitrogens with zero attached hydrogens (tertiary/aromatic N) is 4. The number of unbranched alkanes of at least 4 members (excludes halogenated alkanes) is 4. The third-order valence-electron chi connectivity index (χ3n) is 7.57. The van der Waals surface area contributed by atoms with E-state index in [1.807, 2.05) is 29.8 Å². The lowest BCUT2D eigenvalue weighted by Gasteiger charge is -2.21. The van der Waals surface area contributed by atoms with Crippen LogP contribution in [0.3, 0.4) is 0 Å². The number of amidine groups is 1. The molecule has 0 fully saturated rings. The zero-order chi connectivity index (χ0) is 33.6. The number of carbonyl (C=O) groups excluding carboxylic acids is 3. The number of rotatable bonds is 16. The number of amides is 2. The highest BCUT2D eigenvalue weighted by Gasteiger charge is 2.21. The summed E-state index contributed by atoms with van der Waals surface area (Å²) < 4.78 is 7.02. The van der Waals surface area contributed by atoms with Crippen molar-refractivity contribution in [3.8, 4) is 0 Å². The molecule has 2 amide bonds. The molecule has 2 aromatic carbocycles. The van der Waals surface area contributed by atoms with Gasteiger partial charge in [-0.2, -0.15) is 0 Å². The monoisotopic (exact) mass is 657 g/mol. The molecular weight excluding hydrogens is 614 g/mol. The van der Waals surface area contributed by atoms with Crippen LogP contribution in [0.2, 0.25) is 0 Å². The first kappa shape index (κ1) is 35.1. The standard InChI is InChI=1S/C35H43N7O4S/c1-4-6-7-8-11-22-47-35(45)40-33(36)25-13-16-27(17-14-25)38-24-31-39-28-23-26(15-18-29(28)41(31)3)34(44)42(21-19-32(43)46-5-2)30-12-9-10-20-37-30/h9-10,12-18,20,23,38H,4-8,11,19,21-22,24H2,1-3H3,(H2,36,40,45). The molecule has 0 atom stereocenters. The fourth-order valence-corrected chi connectivity index (χ4v) is 5.69. The molecule has 0 saturated heterocycles. The number of nitrogens with one attached hydrogen (secondary N) is 3. The fraction of sp³-hybridized carbons (Fsp3) is 0.371. The van der Waals surface area contributed by atoms with E-state index >= 15 is 0 Å². The Morgan fingerprint density at radius 1 is 0.979 bits per heavy atom. The highest BCUT2D eigenvalue weighted by molar-refractivity contribution is 8.13. The first-order chi connectivity index (χ1) is 22.8. The Hall–Kier alpha value is -4.71. The number of aryl methyl sites for hydroxylation is 1. The van der Waals surface area contributed by atoms with Gasteiger partial charge in [0.15, 0.2) is 0 Å². The molecule has 0 bridgehead atoms. The number of esters is 1. The number of hydrogen-bond acceptors (Lipinski definition) is 9. The molecule has 4 rings (SSSR count). The molecule has 4 aromatic rings. The topological polar surface area (TPSA) is 142 Å². The second-order valence-electron chi connectivity index (χ2n) is 11.0. The third-order valence-corrected chi connectivity index (χ3v) is 8.43. The average molecular weight is 658 g/mol. The fourth-order valence-electron chi connectivity index (χ4n) is 4.98. The van der Waals surface area contributed by atoms with E-state index in [0.29, 0.717) is 29.0 Å². The smallest absolute Gasteiger partial charge is 0.307 e. The molecule has 11 nitrogen and oxygen atoms in total. The summed E-state index contributed by atoms with van der Waals surface area (Å²) in [4.78, 5) is 48.5. The van der Waals surface area contributed by atoms with Gasteiger partial charge in [-0.3, -0.25) is 24.7 Å². The lowest BCUT2D eigenvalue weighted by Crippen LogP contribution is -2.34. The van der Waals surface area contributed by atoms with Crippen LogP contribution in [0.1, 0.15) is 74.1 Å². The first-order valence-corrected chi connectivity index (χ1v) is 17.0. The molecule has 0 aliphatic rings. The number of hydrogen-bond donors (Lipinski definition) is 3. The Morgan fingerprint density at radius 3 is 2.47 bits per heavy atom. The van der Waals surface area contributed by atoms with Crippen LogP contribution in [-0.2, 0) is 23.1 Å². The predicted molar refractivity (Wildman–Crippen MR) is 188 cm³/mol. The first-order valence-electron chi connectivity index (χ1n) is 16.0. The van der Waals surface area contributed by atoms with Crippen molar-refractivity contribution in [3.63, 3.8) is 0 Å². The molecule has 0 radical (unpaired) electrons.